The van der Waals surface area contributed by atoms with Crippen molar-refractivity contribution in [2.75, 3.05) is 21.3 Å². The van der Waals surface area contributed by atoms with Crippen LogP contribution >= 0.6 is 0 Å². The van der Waals surface area contributed by atoms with E-state index in [1.54, 1.807) is 27.6 Å². The average Bonchev–Trinajstić information content (AvgIpc) is 3.34. The Balaban J connectivity index is 1.79. The average molecular weight is 345 g/mol. The number of ether oxygens (including phenoxy) is 3. The molecule has 0 unspecified atom stereocenters. The molecular formula is C19H23NO5. The molecule has 0 atom stereocenters. The standard InChI is InChI=1S/C19H23NO5/c1-22-16-9-13(10-17(23-2)19(16)24-3)11-18(21)20(14-6-7-14)12-15-5-4-8-25-15/h4-5,8-10,14H,6-7,11-12H2,1-3H3. The van der Waals surface area contributed by atoms with Gasteiger partial charge in [-0.25, -0.2) is 0 Å². The maximum absolute atomic E-state index is 12.8. The molecule has 6 nitrogen and oxygen atoms in total. The second kappa shape index (κ2) is 7.51. The summed E-state index contributed by atoms with van der Waals surface area (Å²) in [5, 5.41) is 0. The van der Waals surface area contributed by atoms with Gasteiger partial charge in [0.2, 0.25) is 11.7 Å². The highest BCUT2D eigenvalue weighted by atomic mass is 16.5. The zero-order chi connectivity index (χ0) is 17.8. The van der Waals surface area contributed by atoms with Crippen LogP contribution in [0.1, 0.15) is 24.2 Å². The van der Waals surface area contributed by atoms with Crippen molar-refractivity contribution in [3.05, 3.63) is 41.9 Å². The predicted octanol–water partition coefficient (Wildman–Crippen LogP) is 3.04. The van der Waals surface area contributed by atoms with E-state index >= 15 is 0 Å². The molecule has 25 heavy (non-hydrogen) atoms. The summed E-state index contributed by atoms with van der Waals surface area (Å²) < 4.78 is 21.4. The maximum atomic E-state index is 12.8. The third kappa shape index (κ3) is 3.90. The Hall–Kier alpha value is -2.63. The van der Waals surface area contributed by atoms with E-state index in [-0.39, 0.29) is 12.3 Å². The number of amides is 1. The van der Waals surface area contributed by atoms with E-state index in [1.165, 1.54) is 0 Å². The Kier molecular flexibility index (Phi) is 5.16. The van der Waals surface area contributed by atoms with Crippen LogP contribution in [0.2, 0.25) is 0 Å². The summed E-state index contributed by atoms with van der Waals surface area (Å²) in [5.41, 5.74) is 0.824. The lowest BCUT2D eigenvalue weighted by atomic mass is 10.1. The molecule has 1 fully saturated rings. The van der Waals surface area contributed by atoms with Crippen LogP contribution in [0.5, 0.6) is 17.2 Å². The topological polar surface area (TPSA) is 61.1 Å². The molecular weight excluding hydrogens is 322 g/mol. The smallest absolute Gasteiger partial charge is 0.227 e. The van der Waals surface area contributed by atoms with Crippen molar-refractivity contribution in [2.24, 2.45) is 0 Å². The molecule has 1 aliphatic carbocycles. The minimum absolute atomic E-state index is 0.0631. The van der Waals surface area contributed by atoms with Gasteiger partial charge in [0, 0.05) is 6.04 Å². The van der Waals surface area contributed by atoms with Crippen molar-refractivity contribution in [3.63, 3.8) is 0 Å². The van der Waals surface area contributed by atoms with Gasteiger partial charge in [-0.15, -0.1) is 0 Å². The van der Waals surface area contributed by atoms with E-state index in [1.807, 2.05) is 29.2 Å². The van der Waals surface area contributed by atoms with Crippen molar-refractivity contribution in [1.29, 1.82) is 0 Å². The van der Waals surface area contributed by atoms with Gasteiger partial charge in [0.25, 0.3) is 0 Å². The lowest BCUT2D eigenvalue weighted by Crippen LogP contribution is -2.33. The van der Waals surface area contributed by atoms with Gasteiger partial charge in [-0.1, -0.05) is 0 Å². The highest BCUT2D eigenvalue weighted by Crippen LogP contribution is 2.38. The number of carbonyl (C=O) groups excluding carboxylic acids is 1. The van der Waals surface area contributed by atoms with Crippen molar-refractivity contribution >= 4 is 5.91 Å². The fraction of sp³-hybridized carbons (Fsp3) is 0.421. The third-order valence-corrected chi connectivity index (χ3v) is 4.29. The number of nitrogens with zero attached hydrogens (tertiary/aromatic N) is 1. The van der Waals surface area contributed by atoms with Crippen LogP contribution in [0.4, 0.5) is 0 Å². The van der Waals surface area contributed by atoms with Crippen LogP contribution in [-0.2, 0) is 17.8 Å². The van der Waals surface area contributed by atoms with Gasteiger partial charge in [-0.2, -0.15) is 0 Å². The molecule has 1 amide bonds. The number of hydrogen-bond donors (Lipinski definition) is 0. The summed E-state index contributed by atoms with van der Waals surface area (Å²) >= 11 is 0. The predicted molar refractivity (Wildman–Crippen MR) is 92.1 cm³/mol. The minimum atomic E-state index is 0.0631. The molecule has 1 aliphatic rings. The molecule has 0 N–H and O–H groups in total. The van der Waals surface area contributed by atoms with E-state index in [2.05, 4.69) is 0 Å². The van der Waals surface area contributed by atoms with Crippen LogP contribution in [0.15, 0.2) is 34.9 Å². The van der Waals surface area contributed by atoms with Crippen LogP contribution < -0.4 is 14.2 Å². The first-order valence-electron chi connectivity index (χ1n) is 8.27. The lowest BCUT2D eigenvalue weighted by molar-refractivity contribution is -0.131. The number of rotatable bonds is 8. The van der Waals surface area contributed by atoms with Crippen LogP contribution in [0.25, 0.3) is 0 Å². The quantitative estimate of drug-likeness (QED) is 0.736. The summed E-state index contributed by atoms with van der Waals surface area (Å²) in [6.45, 7) is 0.501. The van der Waals surface area contributed by atoms with Gasteiger partial charge in [0.1, 0.15) is 5.76 Å². The Morgan fingerprint density at radius 1 is 1.16 bits per heavy atom. The molecule has 0 aliphatic heterocycles. The van der Waals surface area contributed by atoms with Gasteiger partial charge >= 0.3 is 0 Å². The molecule has 1 heterocycles. The van der Waals surface area contributed by atoms with Crippen LogP contribution in [0.3, 0.4) is 0 Å². The van der Waals surface area contributed by atoms with Gasteiger partial charge in [0.05, 0.1) is 40.6 Å². The fourth-order valence-corrected chi connectivity index (χ4v) is 2.89. The van der Waals surface area contributed by atoms with Gasteiger partial charge in [-0.3, -0.25) is 4.79 Å². The normalized spacial score (nSPS) is 13.4. The second-order valence-corrected chi connectivity index (χ2v) is 6.04. The fourth-order valence-electron chi connectivity index (χ4n) is 2.89. The van der Waals surface area contributed by atoms with Crippen molar-refractivity contribution < 1.29 is 23.4 Å². The Morgan fingerprint density at radius 2 is 1.84 bits per heavy atom. The van der Waals surface area contributed by atoms with E-state index < -0.39 is 0 Å². The molecule has 0 radical (unpaired) electrons. The number of benzene rings is 1. The highest BCUT2D eigenvalue weighted by Gasteiger charge is 2.33. The van der Waals surface area contributed by atoms with Gasteiger partial charge < -0.3 is 23.5 Å². The third-order valence-electron chi connectivity index (χ3n) is 4.29. The summed E-state index contributed by atoms with van der Waals surface area (Å²) in [4.78, 5) is 14.7. The molecule has 1 aromatic carbocycles. The molecule has 134 valence electrons. The number of carbonyl (C=O) groups is 1. The number of hydrogen-bond acceptors (Lipinski definition) is 5. The largest absolute Gasteiger partial charge is 0.493 e. The van der Waals surface area contributed by atoms with E-state index in [0.717, 1.165) is 24.2 Å². The van der Waals surface area contributed by atoms with Crippen molar-refractivity contribution in [2.45, 2.75) is 31.8 Å². The molecule has 6 heteroatoms. The summed E-state index contributed by atoms with van der Waals surface area (Å²) in [7, 11) is 4.69. The monoisotopic (exact) mass is 345 g/mol. The van der Waals surface area contributed by atoms with Crippen LogP contribution in [0, 0.1) is 0 Å². The first-order valence-corrected chi connectivity index (χ1v) is 8.27. The Labute approximate surface area is 147 Å². The van der Waals surface area contributed by atoms with Gasteiger partial charge in [-0.05, 0) is 42.7 Å². The maximum Gasteiger partial charge on any atom is 0.227 e. The van der Waals surface area contributed by atoms with Crippen molar-refractivity contribution in [3.8, 4) is 17.2 Å². The molecule has 1 aromatic heterocycles. The molecule has 0 bridgehead atoms. The van der Waals surface area contributed by atoms with E-state index in [0.29, 0.717) is 29.8 Å². The van der Waals surface area contributed by atoms with Crippen molar-refractivity contribution in [1.82, 2.24) is 4.90 Å². The summed E-state index contributed by atoms with van der Waals surface area (Å²) in [6.07, 6.45) is 3.99. The molecule has 0 saturated heterocycles. The SMILES string of the molecule is COc1cc(CC(=O)N(Cc2ccco2)C2CC2)cc(OC)c1OC. The molecule has 2 aromatic rings. The Bertz CT molecular complexity index is 696. The second-order valence-electron chi connectivity index (χ2n) is 6.04. The number of methoxy groups -OCH3 is 3. The number of furan rings is 1. The summed E-state index contributed by atoms with van der Waals surface area (Å²) in [6, 6.07) is 7.67. The molecule has 0 spiro atoms. The summed E-state index contributed by atoms with van der Waals surface area (Å²) in [5.74, 6) is 2.48. The molecule has 1 saturated carbocycles. The first kappa shape index (κ1) is 17.2. The van der Waals surface area contributed by atoms with Gasteiger partial charge in [0.15, 0.2) is 11.5 Å². The minimum Gasteiger partial charge on any atom is -0.493 e. The van der Waals surface area contributed by atoms with E-state index in [9.17, 15) is 4.79 Å². The highest BCUT2D eigenvalue weighted by molar-refractivity contribution is 5.80. The lowest BCUT2D eigenvalue weighted by Gasteiger charge is -2.22. The Morgan fingerprint density at radius 3 is 2.32 bits per heavy atom. The van der Waals surface area contributed by atoms with E-state index in [4.69, 9.17) is 18.6 Å². The van der Waals surface area contributed by atoms with Crippen LogP contribution in [-0.4, -0.2) is 38.2 Å². The zero-order valence-electron chi connectivity index (χ0n) is 14.8. The molecule has 3 rings (SSSR count). The first-order chi connectivity index (χ1) is 12.2. The zero-order valence-corrected chi connectivity index (χ0v) is 14.8.